The van der Waals surface area contributed by atoms with Gasteiger partial charge in [-0.05, 0) is 25.8 Å². The number of hydrogen-bond donors (Lipinski definition) is 2. The van der Waals surface area contributed by atoms with E-state index in [0.29, 0.717) is 6.42 Å². The Kier molecular flexibility index (Phi) is 7.04. The summed E-state index contributed by atoms with van der Waals surface area (Å²) in [7, 11) is 0. The van der Waals surface area contributed by atoms with E-state index in [0.717, 1.165) is 25.8 Å². The van der Waals surface area contributed by atoms with Gasteiger partial charge in [-0.25, -0.2) is 0 Å². The van der Waals surface area contributed by atoms with E-state index in [1.165, 1.54) is 0 Å². The summed E-state index contributed by atoms with van der Waals surface area (Å²) in [6.07, 6.45) is 8.36. The lowest BCUT2D eigenvalue weighted by Gasteiger charge is -2.11. The second-order valence-corrected chi connectivity index (χ2v) is 2.91. The first-order valence-electron chi connectivity index (χ1n) is 4.62. The number of terminal acetylenes is 1. The van der Waals surface area contributed by atoms with Crippen LogP contribution in [0.5, 0.6) is 0 Å². The van der Waals surface area contributed by atoms with Crippen LogP contribution >= 0.6 is 0 Å². The molecule has 1 atom stereocenters. The molecule has 3 heteroatoms. The van der Waals surface area contributed by atoms with E-state index >= 15 is 0 Å². The number of hydrogen-bond acceptors (Lipinski definition) is 2. The van der Waals surface area contributed by atoms with E-state index in [2.05, 4.69) is 11.2 Å². The van der Waals surface area contributed by atoms with Crippen molar-refractivity contribution in [2.75, 3.05) is 6.54 Å². The van der Waals surface area contributed by atoms with E-state index in [1.807, 2.05) is 6.92 Å². The Morgan fingerprint density at radius 2 is 2.31 bits per heavy atom. The fraction of sp³-hybridized carbons (Fsp3) is 0.700. The molecule has 0 rings (SSSR count). The summed E-state index contributed by atoms with van der Waals surface area (Å²) >= 11 is 0. The minimum Gasteiger partial charge on any atom is -0.480 e. The summed E-state index contributed by atoms with van der Waals surface area (Å²) in [5.74, 6) is 1.77. The van der Waals surface area contributed by atoms with Gasteiger partial charge >= 0.3 is 5.97 Å². The lowest BCUT2D eigenvalue weighted by molar-refractivity contribution is -0.139. The summed E-state index contributed by atoms with van der Waals surface area (Å²) in [5, 5.41) is 11.6. The molecule has 74 valence electrons. The van der Waals surface area contributed by atoms with Gasteiger partial charge in [0.15, 0.2) is 0 Å². The Balaban J connectivity index is 3.40. The van der Waals surface area contributed by atoms with Gasteiger partial charge in [0, 0.05) is 6.42 Å². The molecule has 0 aromatic carbocycles. The van der Waals surface area contributed by atoms with Gasteiger partial charge in [-0.2, -0.15) is 0 Å². The first-order valence-corrected chi connectivity index (χ1v) is 4.62. The largest absolute Gasteiger partial charge is 0.480 e. The number of aliphatic carboxylic acids is 1. The third-order valence-electron chi connectivity index (χ3n) is 1.84. The number of carbonyl (C=O) groups is 1. The highest BCUT2D eigenvalue weighted by Crippen LogP contribution is 1.95. The maximum Gasteiger partial charge on any atom is 0.320 e. The molecule has 0 heterocycles. The molecule has 0 aromatic heterocycles. The molecule has 0 aliphatic heterocycles. The summed E-state index contributed by atoms with van der Waals surface area (Å²) < 4.78 is 0. The van der Waals surface area contributed by atoms with Crippen LogP contribution in [0.1, 0.15) is 32.6 Å². The summed E-state index contributed by atoms with van der Waals surface area (Å²) in [6, 6.07) is -0.411. The standard InChI is InChI=1S/C10H17NO2/c1-3-5-6-7-8-11-9(4-2)10(12)13/h1,9,11H,4-8H2,2H3,(H,12,13). The number of carboxylic acid groups (broad SMARTS) is 1. The maximum absolute atomic E-state index is 10.6. The number of carboxylic acids is 1. The molecular formula is C10H17NO2. The molecule has 0 spiro atoms. The van der Waals surface area contributed by atoms with Gasteiger partial charge in [-0.3, -0.25) is 4.79 Å². The molecule has 0 aliphatic rings. The van der Waals surface area contributed by atoms with E-state index in [-0.39, 0.29) is 0 Å². The second kappa shape index (κ2) is 7.63. The van der Waals surface area contributed by atoms with Crippen molar-refractivity contribution in [3.8, 4) is 12.3 Å². The quantitative estimate of drug-likeness (QED) is 0.461. The van der Waals surface area contributed by atoms with Crippen molar-refractivity contribution in [2.24, 2.45) is 0 Å². The highest BCUT2D eigenvalue weighted by atomic mass is 16.4. The zero-order chi connectivity index (χ0) is 10.1. The van der Waals surface area contributed by atoms with Crippen molar-refractivity contribution in [2.45, 2.75) is 38.6 Å². The van der Waals surface area contributed by atoms with E-state index in [4.69, 9.17) is 11.5 Å². The molecule has 0 aliphatic carbocycles. The summed E-state index contributed by atoms with van der Waals surface area (Å²) in [6.45, 7) is 2.58. The van der Waals surface area contributed by atoms with Crippen molar-refractivity contribution in [3.05, 3.63) is 0 Å². The minimum atomic E-state index is -0.778. The van der Waals surface area contributed by atoms with Crippen molar-refractivity contribution < 1.29 is 9.90 Å². The number of nitrogens with one attached hydrogen (secondary N) is 1. The average molecular weight is 183 g/mol. The maximum atomic E-state index is 10.6. The molecule has 13 heavy (non-hydrogen) atoms. The average Bonchev–Trinajstić information content (AvgIpc) is 2.10. The Morgan fingerprint density at radius 1 is 1.62 bits per heavy atom. The number of rotatable bonds is 7. The van der Waals surface area contributed by atoms with Crippen LogP contribution < -0.4 is 5.32 Å². The lowest BCUT2D eigenvalue weighted by Crippen LogP contribution is -2.36. The van der Waals surface area contributed by atoms with Gasteiger partial charge in [0.1, 0.15) is 6.04 Å². The third-order valence-corrected chi connectivity index (χ3v) is 1.84. The first kappa shape index (κ1) is 12.0. The Labute approximate surface area is 79.5 Å². The van der Waals surface area contributed by atoms with Crippen molar-refractivity contribution >= 4 is 5.97 Å². The number of unbranched alkanes of at least 4 members (excludes halogenated alkanes) is 2. The molecule has 3 nitrogen and oxygen atoms in total. The molecule has 0 saturated carbocycles. The lowest BCUT2D eigenvalue weighted by atomic mass is 10.2. The fourth-order valence-corrected chi connectivity index (χ4v) is 1.03. The monoisotopic (exact) mass is 183 g/mol. The van der Waals surface area contributed by atoms with Gasteiger partial charge in [0.25, 0.3) is 0 Å². The van der Waals surface area contributed by atoms with Crippen LogP contribution in [0.4, 0.5) is 0 Å². The van der Waals surface area contributed by atoms with Crippen LogP contribution in [0, 0.1) is 12.3 Å². The predicted molar refractivity (Wildman–Crippen MR) is 52.4 cm³/mol. The van der Waals surface area contributed by atoms with Crippen molar-refractivity contribution in [1.82, 2.24) is 5.32 Å². The van der Waals surface area contributed by atoms with Crippen LogP contribution in [-0.4, -0.2) is 23.7 Å². The third kappa shape index (κ3) is 6.18. The summed E-state index contributed by atoms with van der Waals surface area (Å²) in [4.78, 5) is 10.6. The van der Waals surface area contributed by atoms with E-state index in [9.17, 15) is 4.79 Å². The zero-order valence-corrected chi connectivity index (χ0v) is 8.05. The highest BCUT2D eigenvalue weighted by Gasteiger charge is 2.12. The smallest absolute Gasteiger partial charge is 0.320 e. The minimum absolute atomic E-state index is 0.411. The second-order valence-electron chi connectivity index (χ2n) is 2.91. The molecular weight excluding hydrogens is 166 g/mol. The molecule has 0 aromatic rings. The predicted octanol–water partition coefficient (Wildman–Crippen LogP) is 1.24. The fourth-order valence-electron chi connectivity index (χ4n) is 1.03. The van der Waals surface area contributed by atoms with Gasteiger partial charge < -0.3 is 10.4 Å². The van der Waals surface area contributed by atoms with Crippen molar-refractivity contribution in [1.29, 1.82) is 0 Å². The van der Waals surface area contributed by atoms with Gasteiger partial charge in [0.2, 0.25) is 0 Å². The molecule has 0 saturated heterocycles. The van der Waals surface area contributed by atoms with Gasteiger partial charge in [0.05, 0.1) is 0 Å². The Hall–Kier alpha value is -1.01. The Morgan fingerprint density at radius 3 is 2.77 bits per heavy atom. The normalized spacial score (nSPS) is 12.0. The topological polar surface area (TPSA) is 49.3 Å². The van der Waals surface area contributed by atoms with Crippen LogP contribution in [0.15, 0.2) is 0 Å². The van der Waals surface area contributed by atoms with Crippen LogP contribution in [-0.2, 0) is 4.79 Å². The van der Waals surface area contributed by atoms with Crippen molar-refractivity contribution in [3.63, 3.8) is 0 Å². The van der Waals surface area contributed by atoms with Crippen LogP contribution in [0.2, 0.25) is 0 Å². The first-order chi connectivity index (χ1) is 6.22. The molecule has 0 bridgehead atoms. The van der Waals surface area contributed by atoms with E-state index < -0.39 is 12.0 Å². The molecule has 0 radical (unpaired) electrons. The van der Waals surface area contributed by atoms with Crippen LogP contribution in [0.25, 0.3) is 0 Å². The van der Waals surface area contributed by atoms with Gasteiger partial charge in [-0.15, -0.1) is 12.3 Å². The molecule has 2 N–H and O–H groups in total. The molecule has 1 unspecified atom stereocenters. The SMILES string of the molecule is C#CCCCCNC(CC)C(=O)O. The van der Waals surface area contributed by atoms with Gasteiger partial charge in [-0.1, -0.05) is 6.92 Å². The zero-order valence-electron chi connectivity index (χ0n) is 8.05. The molecule has 0 fully saturated rings. The Bertz CT molecular complexity index is 184. The highest BCUT2D eigenvalue weighted by molar-refractivity contribution is 5.73. The molecule has 0 amide bonds. The van der Waals surface area contributed by atoms with Crippen LogP contribution in [0.3, 0.4) is 0 Å². The van der Waals surface area contributed by atoms with E-state index in [1.54, 1.807) is 0 Å². The summed E-state index contributed by atoms with van der Waals surface area (Å²) in [5.41, 5.74) is 0.